The third kappa shape index (κ3) is 4.00. The van der Waals surface area contributed by atoms with Crippen molar-refractivity contribution in [1.29, 1.82) is 0 Å². The Morgan fingerprint density at radius 3 is 2.66 bits per heavy atom. The molecule has 5 nitrogen and oxygen atoms in total. The van der Waals surface area contributed by atoms with Crippen molar-refractivity contribution in [2.24, 2.45) is 0 Å². The Morgan fingerprint density at radius 1 is 1.03 bits per heavy atom. The third-order valence-electron chi connectivity index (χ3n) is 6.11. The van der Waals surface area contributed by atoms with Gasteiger partial charge in [-0.25, -0.2) is 9.37 Å². The Bertz CT molecular complexity index is 1300. The summed E-state index contributed by atoms with van der Waals surface area (Å²) in [6.45, 7) is 5.32. The number of fused-ring (bicyclic) bond motifs is 1. The minimum absolute atomic E-state index is 0.0394. The third-order valence-corrected chi connectivity index (χ3v) is 6.11. The molecule has 1 saturated heterocycles. The fraction of sp³-hybridized carbons (Fsp3) is 0.269. The first-order chi connectivity index (χ1) is 15.5. The summed E-state index contributed by atoms with van der Waals surface area (Å²) in [6.07, 6.45) is 5.64. The number of aromatic nitrogens is 3. The molecule has 1 aromatic carbocycles. The second kappa shape index (κ2) is 8.19. The van der Waals surface area contributed by atoms with Gasteiger partial charge >= 0.3 is 0 Å². The van der Waals surface area contributed by atoms with Crippen molar-refractivity contribution in [2.45, 2.75) is 32.6 Å². The van der Waals surface area contributed by atoms with Crippen LogP contribution in [-0.4, -0.2) is 38.3 Å². The molecule has 0 radical (unpaired) electrons. The van der Waals surface area contributed by atoms with Gasteiger partial charge in [0.15, 0.2) is 0 Å². The molecule has 1 unspecified atom stereocenters. The molecule has 0 saturated carbocycles. The van der Waals surface area contributed by atoms with Crippen LogP contribution in [0.2, 0.25) is 0 Å². The summed E-state index contributed by atoms with van der Waals surface area (Å²) in [4.78, 5) is 24.4. The maximum absolute atomic E-state index is 13.3. The number of nitrogens with zero attached hydrogens (tertiary/aromatic N) is 4. The number of carbonyl (C=O) groups excluding carboxylic acids is 1. The molecular formula is C26H25FN4O. The molecule has 1 fully saturated rings. The fourth-order valence-corrected chi connectivity index (χ4v) is 4.46. The topological polar surface area (TPSA) is 50.5 Å². The van der Waals surface area contributed by atoms with Crippen LogP contribution in [0, 0.1) is 19.7 Å². The fourth-order valence-electron chi connectivity index (χ4n) is 4.46. The highest BCUT2D eigenvalue weighted by atomic mass is 19.1. The molecule has 0 spiro atoms. The molecule has 0 aliphatic carbocycles. The van der Waals surface area contributed by atoms with E-state index in [9.17, 15) is 9.18 Å². The molecule has 6 heteroatoms. The van der Waals surface area contributed by atoms with Crippen molar-refractivity contribution in [3.63, 3.8) is 0 Å². The van der Waals surface area contributed by atoms with Crippen LogP contribution in [0.5, 0.6) is 0 Å². The van der Waals surface area contributed by atoms with Crippen molar-refractivity contribution >= 4 is 11.6 Å². The first-order valence-electron chi connectivity index (χ1n) is 11.0. The van der Waals surface area contributed by atoms with Gasteiger partial charge in [-0.3, -0.25) is 9.78 Å². The zero-order chi connectivity index (χ0) is 22.2. The van der Waals surface area contributed by atoms with Crippen LogP contribution in [-0.2, 0) is 0 Å². The van der Waals surface area contributed by atoms with Gasteiger partial charge in [-0.05, 0) is 79.8 Å². The first-order valence-corrected chi connectivity index (χ1v) is 11.0. The smallest absolute Gasteiger partial charge is 0.274 e. The number of aryl methyl sites for hydroxylation is 2. The molecule has 1 atom stereocenters. The average molecular weight is 429 g/mol. The summed E-state index contributed by atoms with van der Waals surface area (Å²) in [5.41, 5.74) is 6.25. The van der Waals surface area contributed by atoms with E-state index in [1.807, 2.05) is 47.5 Å². The highest BCUT2D eigenvalue weighted by molar-refractivity contribution is 5.93. The number of pyridine rings is 2. The Kier molecular flexibility index (Phi) is 5.21. The normalized spacial score (nSPS) is 16.5. The van der Waals surface area contributed by atoms with E-state index in [1.54, 1.807) is 18.3 Å². The molecule has 162 valence electrons. The second-order valence-electron chi connectivity index (χ2n) is 8.61. The summed E-state index contributed by atoms with van der Waals surface area (Å²) in [5.74, 6) is -0.128. The van der Waals surface area contributed by atoms with Crippen LogP contribution in [0.25, 0.3) is 16.8 Å². The highest BCUT2D eigenvalue weighted by Gasteiger charge is 2.28. The maximum atomic E-state index is 13.3. The standard InChI is InChI=1S/C26H25FN4O/c1-17-9-11-30-16-24(29-25(30)12-17)26(32)31-10-3-4-20(15-31)23-14-21(13-18(2)28-23)19-5-7-22(27)8-6-19/h5-9,11-14,16,20H,3-4,10,15H2,1-2H3. The van der Waals surface area contributed by atoms with Crippen LogP contribution in [0.4, 0.5) is 4.39 Å². The highest BCUT2D eigenvalue weighted by Crippen LogP contribution is 2.30. The predicted molar refractivity (Wildman–Crippen MR) is 122 cm³/mol. The van der Waals surface area contributed by atoms with Gasteiger partial charge in [-0.1, -0.05) is 12.1 Å². The average Bonchev–Trinajstić information content (AvgIpc) is 3.22. The molecule has 0 bridgehead atoms. The Morgan fingerprint density at radius 2 is 1.84 bits per heavy atom. The lowest BCUT2D eigenvalue weighted by Crippen LogP contribution is -2.39. The molecule has 32 heavy (non-hydrogen) atoms. The van der Waals surface area contributed by atoms with Crippen LogP contribution < -0.4 is 0 Å². The lowest BCUT2D eigenvalue weighted by atomic mass is 9.92. The summed E-state index contributed by atoms with van der Waals surface area (Å²) >= 11 is 0. The lowest BCUT2D eigenvalue weighted by Gasteiger charge is -2.32. The van der Waals surface area contributed by atoms with E-state index in [4.69, 9.17) is 4.98 Å². The number of hydrogen-bond donors (Lipinski definition) is 0. The summed E-state index contributed by atoms with van der Waals surface area (Å²) < 4.78 is 15.2. The molecule has 4 aromatic rings. The number of likely N-dealkylation sites (tertiary alicyclic amines) is 1. The van der Waals surface area contributed by atoms with E-state index in [-0.39, 0.29) is 17.6 Å². The molecular weight excluding hydrogens is 403 g/mol. The lowest BCUT2D eigenvalue weighted by molar-refractivity contribution is 0.0700. The number of benzene rings is 1. The van der Waals surface area contributed by atoms with Crippen LogP contribution >= 0.6 is 0 Å². The van der Waals surface area contributed by atoms with Crippen LogP contribution in [0.15, 0.2) is 60.9 Å². The van der Waals surface area contributed by atoms with Gasteiger partial charge < -0.3 is 9.30 Å². The van der Waals surface area contributed by atoms with Gasteiger partial charge in [0, 0.05) is 42.8 Å². The van der Waals surface area contributed by atoms with E-state index >= 15 is 0 Å². The van der Waals surface area contributed by atoms with Gasteiger partial charge in [0.2, 0.25) is 0 Å². The van der Waals surface area contributed by atoms with E-state index in [1.165, 1.54) is 12.1 Å². The second-order valence-corrected chi connectivity index (χ2v) is 8.61. The van der Waals surface area contributed by atoms with E-state index in [0.717, 1.165) is 53.1 Å². The number of amides is 1. The number of rotatable bonds is 3. The van der Waals surface area contributed by atoms with E-state index in [0.29, 0.717) is 12.2 Å². The summed E-state index contributed by atoms with van der Waals surface area (Å²) in [6, 6.07) is 14.6. The van der Waals surface area contributed by atoms with Crippen LogP contribution in [0.1, 0.15) is 46.2 Å². The minimum atomic E-state index is -0.247. The number of hydrogen-bond acceptors (Lipinski definition) is 3. The van der Waals surface area contributed by atoms with Gasteiger partial charge in [0.1, 0.15) is 17.2 Å². The van der Waals surface area contributed by atoms with Crippen molar-refractivity contribution in [3.05, 3.63) is 89.4 Å². The van der Waals surface area contributed by atoms with Crippen LogP contribution in [0.3, 0.4) is 0 Å². The molecule has 0 N–H and O–H groups in total. The van der Waals surface area contributed by atoms with Gasteiger partial charge in [0.05, 0.1) is 0 Å². The van der Waals surface area contributed by atoms with E-state index < -0.39 is 0 Å². The van der Waals surface area contributed by atoms with Gasteiger partial charge in [-0.15, -0.1) is 0 Å². The largest absolute Gasteiger partial charge is 0.337 e. The van der Waals surface area contributed by atoms with Crippen molar-refractivity contribution in [2.75, 3.05) is 13.1 Å². The predicted octanol–water partition coefficient (Wildman–Crippen LogP) is 5.17. The molecule has 5 rings (SSSR count). The molecule has 3 aromatic heterocycles. The number of imidazole rings is 1. The first kappa shape index (κ1) is 20.4. The number of halogens is 1. The summed E-state index contributed by atoms with van der Waals surface area (Å²) in [5, 5.41) is 0. The molecule has 1 amide bonds. The zero-order valence-corrected chi connectivity index (χ0v) is 18.3. The van der Waals surface area contributed by atoms with Crippen molar-refractivity contribution in [3.8, 4) is 11.1 Å². The van der Waals surface area contributed by atoms with E-state index in [2.05, 4.69) is 11.1 Å². The van der Waals surface area contributed by atoms with Crippen molar-refractivity contribution < 1.29 is 9.18 Å². The zero-order valence-electron chi connectivity index (χ0n) is 18.3. The quantitative estimate of drug-likeness (QED) is 0.452. The Labute approximate surface area is 186 Å². The molecule has 1 aliphatic heterocycles. The maximum Gasteiger partial charge on any atom is 0.274 e. The number of piperidine rings is 1. The Balaban J connectivity index is 1.39. The monoisotopic (exact) mass is 428 g/mol. The molecule has 1 aliphatic rings. The SMILES string of the molecule is Cc1ccn2cc(C(=O)N3CCCC(c4cc(-c5ccc(F)cc5)cc(C)n4)C3)nc2c1. The van der Waals surface area contributed by atoms with Gasteiger partial charge in [-0.2, -0.15) is 0 Å². The number of carbonyl (C=O) groups is 1. The summed E-state index contributed by atoms with van der Waals surface area (Å²) in [7, 11) is 0. The van der Waals surface area contributed by atoms with Crippen molar-refractivity contribution in [1.82, 2.24) is 19.3 Å². The Hall–Kier alpha value is -3.54. The minimum Gasteiger partial charge on any atom is -0.337 e. The molecule has 4 heterocycles. The van der Waals surface area contributed by atoms with Gasteiger partial charge in [0.25, 0.3) is 5.91 Å².